The maximum Gasteiger partial charge on any atom is 0.0983 e. The Morgan fingerprint density at radius 3 is 3.04 bits per heavy atom. The van der Waals surface area contributed by atoms with Gasteiger partial charge in [0.25, 0.3) is 0 Å². The van der Waals surface area contributed by atoms with Gasteiger partial charge in [-0.15, -0.1) is 0 Å². The van der Waals surface area contributed by atoms with Crippen molar-refractivity contribution in [3.05, 3.63) is 64.1 Å². The average molecular weight is 382 g/mol. The van der Waals surface area contributed by atoms with Gasteiger partial charge in [-0.05, 0) is 55.6 Å². The topological polar surface area (TPSA) is 41.3 Å². The second-order valence-electron chi connectivity index (χ2n) is 7.84. The van der Waals surface area contributed by atoms with E-state index in [9.17, 15) is 5.11 Å². The fraction of sp³-hybridized carbons (Fsp3) is 0.409. The number of aliphatic hydroxyl groups excluding tert-OH is 1. The highest BCUT2D eigenvalue weighted by Gasteiger charge is 2.35. The number of rotatable bonds is 3. The minimum absolute atomic E-state index is 0.508. The summed E-state index contributed by atoms with van der Waals surface area (Å²) in [5.74, 6) is 0. The van der Waals surface area contributed by atoms with Crippen LogP contribution in [0.5, 0.6) is 0 Å². The minimum Gasteiger partial charge on any atom is -0.386 e. The van der Waals surface area contributed by atoms with Crippen LogP contribution in [0.25, 0.3) is 10.9 Å². The molecule has 5 rings (SSSR count). The zero-order valence-corrected chi connectivity index (χ0v) is 16.3. The normalized spacial score (nSPS) is 20.6. The molecule has 1 saturated heterocycles. The first-order chi connectivity index (χ1) is 13.1. The van der Waals surface area contributed by atoms with E-state index in [4.69, 9.17) is 11.6 Å². The molecule has 140 valence electrons. The Balaban J connectivity index is 1.66. The van der Waals surface area contributed by atoms with Crippen molar-refractivity contribution >= 4 is 22.5 Å². The number of hydrogen-bond donors (Lipinski definition) is 1. The molecule has 0 bridgehead atoms. The molecule has 2 aromatic heterocycles. The predicted molar refractivity (Wildman–Crippen MR) is 108 cm³/mol. The lowest BCUT2D eigenvalue weighted by molar-refractivity contribution is 0.155. The van der Waals surface area contributed by atoms with Crippen LogP contribution < -0.4 is 0 Å². The van der Waals surface area contributed by atoms with E-state index in [0.717, 1.165) is 34.6 Å². The summed E-state index contributed by atoms with van der Waals surface area (Å²) in [5, 5.41) is 13.0. The first-order valence-corrected chi connectivity index (χ1v) is 10.1. The number of aromatic nitrogens is 2. The fourth-order valence-electron chi connectivity index (χ4n) is 4.93. The second-order valence-corrected chi connectivity index (χ2v) is 8.24. The van der Waals surface area contributed by atoms with Gasteiger partial charge in [0.2, 0.25) is 0 Å². The summed E-state index contributed by atoms with van der Waals surface area (Å²) in [6, 6.07) is 8.64. The van der Waals surface area contributed by atoms with Crippen LogP contribution in [0.2, 0.25) is 5.02 Å². The summed E-state index contributed by atoms with van der Waals surface area (Å²) >= 11 is 6.49. The molecule has 0 unspecified atom stereocenters. The van der Waals surface area contributed by atoms with Crippen LogP contribution in [0.4, 0.5) is 0 Å². The fourth-order valence-corrected chi connectivity index (χ4v) is 5.09. The van der Waals surface area contributed by atoms with E-state index in [-0.39, 0.29) is 0 Å². The first-order valence-electron chi connectivity index (χ1n) is 9.76. The van der Waals surface area contributed by atoms with Crippen molar-refractivity contribution in [2.45, 2.75) is 44.9 Å². The Morgan fingerprint density at radius 2 is 2.22 bits per heavy atom. The SMILES string of the molecule is Cc1cc2c3c(n(C[C@@H](O)c4cccnc4)c2cc1Cl)CCN1CCC[C@H]31. The third-order valence-corrected chi connectivity index (χ3v) is 6.66. The molecule has 0 aliphatic carbocycles. The van der Waals surface area contributed by atoms with E-state index in [1.54, 1.807) is 12.4 Å². The number of pyridine rings is 1. The van der Waals surface area contributed by atoms with Gasteiger partial charge in [-0.3, -0.25) is 9.88 Å². The molecule has 4 heterocycles. The van der Waals surface area contributed by atoms with Gasteiger partial charge in [0.15, 0.2) is 0 Å². The first kappa shape index (κ1) is 17.2. The summed E-state index contributed by atoms with van der Waals surface area (Å²) in [6.07, 6.45) is 6.41. The summed E-state index contributed by atoms with van der Waals surface area (Å²) in [6.45, 7) is 4.90. The van der Waals surface area contributed by atoms with Crippen LogP contribution in [-0.4, -0.2) is 32.6 Å². The second kappa shape index (κ2) is 6.62. The molecular weight excluding hydrogens is 358 g/mol. The van der Waals surface area contributed by atoms with Crippen molar-refractivity contribution < 1.29 is 5.11 Å². The van der Waals surface area contributed by atoms with Gasteiger partial charge in [0, 0.05) is 53.1 Å². The standard InChI is InChI=1S/C22H24ClN3O/c1-14-10-16-20(11-17(14)23)26(13-21(27)15-4-2-7-24-12-15)19-6-9-25-8-3-5-18(25)22(16)19/h2,4,7,10-12,18,21,27H,3,5-6,8-9,13H2,1H3/t18-,21-/m1/s1. The van der Waals surface area contributed by atoms with Crippen LogP contribution in [0.1, 0.15) is 47.4 Å². The molecule has 4 nitrogen and oxygen atoms in total. The van der Waals surface area contributed by atoms with Gasteiger partial charge < -0.3 is 9.67 Å². The molecule has 27 heavy (non-hydrogen) atoms. The smallest absolute Gasteiger partial charge is 0.0983 e. The van der Waals surface area contributed by atoms with Crippen molar-refractivity contribution in [2.24, 2.45) is 0 Å². The number of hydrogen-bond acceptors (Lipinski definition) is 3. The van der Waals surface area contributed by atoms with Crippen LogP contribution >= 0.6 is 11.6 Å². The number of halogens is 1. The largest absolute Gasteiger partial charge is 0.386 e. The molecule has 2 aliphatic heterocycles. The molecule has 1 N–H and O–H groups in total. The lowest BCUT2D eigenvalue weighted by Gasteiger charge is -2.31. The van der Waals surface area contributed by atoms with E-state index >= 15 is 0 Å². The van der Waals surface area contributed by atoms with Gasteiger partial charge in [0.05, 0.1) is 18.2 Å². The molecule has 5 heteroatoms. The summed E-state index contributed by atoms with van der Waals surface area (Å²) < 4.78 is 2.31. The number of fused-ring (bicyclic) bond motifs is 5. The highest BCUT2D eigenvalue weighted by molar-refractivity contribution is 6.32. The molecule has 0 radical (unpaired) electrons. The van der Waals surface area contributed by atoms with E-state index in [0.29, 0.717) is 12.6 Å². The molecule has 0 amide bonds. The van der Waals surface area contributed by atoms with Crippen molar-refractivity contribution in [3.8, 4) is 0 Å². The number of aryl methyl sites for hydroxylation is 1. The van der Waals surface area contributed by atoms with E-state index < -0.39 is 6.10 Å². The molecule has 1 aromatic carbocycles. The molecular formula is C22H24ClN3O. The maximum atomic E-state index is 10.9. The predicted octanol–water partition coefficient (Wildman–Crippen LogP) is 4.42. The lowest BCUT2D eigenvalue weighted by atomic mass is 9.95. The van der Waals surface area contributed by atoms with E-state index in [1.165, 1.54) is 36.0 Å². The molecule has 3 aromatic rings. The van der Waals surface area contributed by atoms with Gasteiger partial charge >= 0.3 is 0 Å². The number of nitrogens with zero attached hydrogens (tertiary/aromatic N) is 3. The highest BCUT2D eigenvalue weighted by atomic mass is 35.5. The minimum atomic E-state index is -0.583. The van der Waals surface area contributed by atoms with Crippen LogP contribution in [-0.2, 0) is 13.0 Å². The van der Waals surface area contributed by atoms with Crippen LogP contribution in [0.15, 0.2) is 36.7 Å². The zero-order valence-electron chi connectivity index (χ0n) is 15.5. The molecule has 0 spiro atoms. The maximum absolute atomic E-state index is 10.9. The highest BCUT2D eigenvalue weighted by Crippen LogP contribution is 2.44. The zero-order chi connectivity index (χ0) is 18.5. The molecule has 2 aliphatic rings. The third-order valence-electron chi connectivity index (χ3n) is 6.25. The van der Waals surface area contributed by atoms with Crippen LogP contribution in [0.3, 0.4) is 0 Å². The van der Waals surface area contributed by atoms with Gasteiger partial charge in [-0.25, -0.2) is 0 Å². The quantitative estimate of drug-likeness (QED) is 0.729. The average Bonchev–Trinajstić information content (AvgIpc) is 3.26. The van der Waals surface area contributed by atoms with Gasteiger partial charge in [-0.2, -0.15) is 0 Å². The van der Waals surface area contributed by atoms with Crippen molar-refractivity contribution in [1.82, 2.24) is 14.5 Å². The molecule has 0 saturated carbocycles. The van der Waals surface area contributed by atoms with Crippen LogP contribution in [0, 0.1) is 6.92 Å². The Morgan fingerprint density at radius 1 is 1.33 bits per heavy atom. The van der Waals surface area contributed by atoms with Crippen molar-refractivity contribution in [3.63, 3.8) is 0 Å². The van der Waals surface area contributed by atoms with E-state index in [1.807, 2.05) is 12.1 Å². The molecule has 1 fully saturated rings. The summed E-state index contributed by atoms with van der Waals surface area (Å²) in [4.78, 5) is 6.78. The monoisotopic (exact) mass is 381 g/mol. The van der Waals surface area contributed by atoms with Gasteiger partial charge in [0.1, 0.15) is 0 Å². The van der Waals surface area contributed by atoms with Crippen molar-refractivity contribution in [1.29, 1.82) is 0 Å². The summed E-state index contributed by atoms with van der Waals surface area (Å²) in [5.41, 5.74) is 5.95. The number of aliphatic hydroxyl groups is 1. The van der Waals surface area contributed by atoms with E-state index in [2.05, 4.69) is 33.5 Å². The Bertz CT molecular complexity index is 998. The van der Waals surface area contributed by atoms with Crippen molar-refractivity contribution in [2.75, 3.05) is 13.1 Å². The number of benzene rings is 1. The third kappa shape index (κ3) is 2.78. The Hall–Kier alpha value is -1.88. The Labute approximate surface area is 164 Å². The molecule has 2 atom stereocenters. The Kier molecular flexibility index (Phi) is 4.23. The van der Waals surface area contributed by atoms with Gasteiger partial charge in [-0.1, -0.05) is 17.7 Å². The lowest BCUT2D eigenvalue weighted by Crippen LogP contribution is -2.31. The summed E-state index contributed by atoms with van der Waals surface area (Å²) in [7, 11) is 0.